The molecule has 1 aromatic rings. The number of alkyl halides is 6. The molecule has 0 radical (unpaired) electrons. The molecule has 0 spiro atoms. The summed E-state index contributed by atoms with van der Waals surface area (Å²) in [4.78, 5) is 13.8. The molecule has 0 atom stereocenters. The maximum atomic E-state index is 12.7. The minimum Gasteiger partial charge on any atom is -0.478 e. The van der Waals surface area contributed by atoms with Crippen molar-refractivity contribution in [2.45, 2.75) is 18.5 Å². The second-order valence-electron chi connectivity index (χ2n) is 3.14. The number of carbonyl (C=O) groups is 1. The predicted molar refractivity (Wildman–Crippen MR) is 50.7 cm³/mol. The molecule has 1 aromatic heterocycles. The number of aromatic nitrogens is 1. The lowest BCUT2D eigenvalue weighted by molar-refractivity contribution is -0.140. The summed E-state index contributed by atoms with van der Waals surface area (Å²) in [5.74, 6) is -2.67. The van der Waals surface area contributed by atoms with Crippen molar-refractivity contribution in [3.8, 4) is 0 Å². The van der Waals surface area contributed by atoms with Gasteiger partial charge in [-0.15, -0.1) is 11.6 Å². The molecule has 1 N–H and O–H groups in total. The molecule has 0 saturated heterocycles. The van der Waals surface area contributed by atoms with Crippen molar-refractivity contribution in [1.29, 1.82) is 0 Å². The lowest BCUT2D eigenvalue weighted by Crippen LogP contribution is -2.18. The Kier molecular flexibility index (Phi) is 4.10. The van der Waals surface area contributed by atoms with Crippen molar-refractivity contribution in [3.63, 3.8) is 0 Å². The van der Waals surface area contributed by atoms with Crippen LogP contribution < -0.4 is 0 Å². The molecule has 100 valence electrons. The van der Waals surface area contributed by atoms with E-state index in [4.69, 9.17) is 16.7 Å². The fraction of sp³-hybridized carbons (Fsp3) is 0.333. The van der Waals surface area contributed by atoms with Crippen LogP contribution in [0.15, 0.2) is 6.20 Å². The Balaban J connectivity index is 3.71. The standard InChI is InChI=1S/C9H5ClF5NO2/c10-1-4-6(9(13,14)15)5(7(11)12)3(2-16-4)8(17)18/h2,7H,1H2,(H,17,18). The fourth-order valence-corrected chi connectivity index (χ4v) is 1.58. The Labute approximate surface area is 102 Å². The zero-order valence-corrected chi connectivity index (χ0v) is 9.19. The van der Waals surface area contributed by atoms with Crippen molar-refractivity contribution >= 4 is 17.6 Å². The van der Waals surface area contributed by atoms with Crippen LogP contribution in [-0.4, -0.2) is 16.1 Å². The van der Waals surface area contributed by atoms with Gasteiger partial charge in [0.15, 0.2) is 0 Å². The molecule has 0 unspecified atom stereocenters. The highest BCUT2D eigenvalue weighted by Crippen LogP contribution is 2.40. The number of carboxylic acids is 1. The highest BCUT2D eigenvalue weighted by atomic mass is 35.5. The lowest BCUT2D eigenvalue weighted by atomic mass is 10.0. The molecule has 3 nitrogen and oxygen atoms in total. The predicted octanol–water partition coefficient (Wildman–Crippen LogP) is 3.48. The third-order valence-electron chi connectivity index (χ3n) is 2.06. The second-order valence-corrected chi connectivity index (χ2v) is 3.41. The Morgan fingerprint density at radius 1 is 1.44 bits per heavy atom. The van der Waals surface area contributed by atoms with Gasteiger partial charge in [0.1, 0.15) is 0 Å². The highest BCUT2D eigenvalue weighted by Gasteiger charge is 2.41. The van der Waals surface area contributed by atoms with Crippen molar-refractivity contribution < 1.29 is 31.9 Å². The quantitative estimate of drug-likeness (QED) is 0.684. The van der Waals surface area contributed by atoms with Crippen molar-refractivity contribution in [3.05, 3.63) is 28.6 Å². The van der Waals surface area contributed by atoms with E-state index in [-0.39, 0.29) is 0 Å². The number of carboxylic acid groups (broad SMARTS) is 1. The van der Waals surface area contributed by atoms with Gasteiger partial charge in [-0.3, -0.25) is 4.98 Å². The van der Waals surface area contributed by atoms with Gasteiger partial charge in [-0.25, -0.2) is 13.6 Å². The van der Waals surface area contributed by atoms with Crippen LogP contribution in [0.2, 0.25) is 0 Å². The van der Waals surface area contributed by atoms with E-state index in [2.05, 4.69) is 4.98 Å². The van der Waals surface area contributed by atoms with E-state index in [0.29, 0.717) is 6.20 Å². The van der Waals surface area contributed by atoms with Gasteiger partial charge in [0.25, 0.3) is 6.43 Å². The number of aromatic carboxylic acids is 1. The van der Waals surface area contributed by atoms with Crippen LogP contribution >= 0.6 is 11.6 Å². The van der Waals surface area contributed by atoms with E-state index < -0.39 is 46.8 Å². The normalized spacial score (nSPS) is 11.9. The Bertz CT molecular complexity index is 475. The zero-order chi connectivity index (χ0) is 14.1. The lowest BCUT2D eigenvalue weighted by Gasteiger charge is -2.17. The SMILES string of the molecule is O=C(O)c1cnc(CCl)c(C(F)(F)F)c1C(F)F. The molecule has 1 heterocycles. The molecule has 0 aliphatic carbocycles. The monoisotopic (exact) mass is 289 g/mol. The number of rotatable bonds is 3. The van der Waals surface area contributed by atoms with E-state index >= 15 is 0 Å². The van der Waals surface area contributed by atoms with Gasteiger partial charge in [0.05, 0.1) is 22.7 Å². The van der Waals surface area contributed by atoms with Crippen LogP contribution in [0.3, 0.4) is 0 Å². The van der Waals surface area contributed by atoms with Crippen LogP contribution in [-0.2, 0) is 12.1 Å². The highest BCUT2D eigenvalue weighted by molar-refractivity contribution is 6.17. The molecular weight excluding hydrogens is 285 g/mol. The number of pyridine rings is 1. The van der Waals surface area contributed by atoms with Crippen molar-refractivity contribution in [2.75, 3.05) is 0 Å². The summed E-state index contributed by atoms with van der Waals surface area (Å²) in [7, 11) is 0. The molecule has 0 aliphatic heterocycles. The maximum Gasteiger partial charge on any atom is 0.418 e. The summed E-state index contributed by atoms with van der Waals surface area (Å²) in [6, 6.07) is 0. The van der Waals surface area contributed by atoms with Gasteiger partial charge in [0, 0.05) is 11.8 Å². The van der Waals surface area contributed by atoms with Crippen LogP contribution in [0.4, 0.5) is 22.0 Å². The van der Waals surface area contributed by atoms with Gasteiger partial charge in [0.2, 0.25) is 0 Å². The second kappa shape index (κ2) is 5.05. The Hall–Kier alpha value is -1.44. The average Bonchev–Trinajstić information content (AvgIpc) is 2.25. The largest absolute Gasteiger partial charge is 0.478 e. The van der Waals surface area contributed by atoms with E-state index in [1.54, 1.807) is 0 Å². The molecule has 9 heteroatoms. The van der Waals surface area contributed by atoms with Crippen molar-refractivity contribution in [2.24, 2.45) is 0 Å². The molecule has 18 heavy (non-hydrogen) atoms. The van der Waals surface area contributed by atoms with Gasteiger partial charge in [-0.05, 0) is 0 Å². The van der Waals surface area contributed by atoms with Gasteiger partial charge >= 0.3 is 12.1 Å². The van der Waals surface area contributed by atoms with Crippen LogP contribution in [0.25, 0.3) is 0 Å². The molecule has 0 aliphatic rings. The summed E-state index contributed by atoms with van der Waals surface area (Å²) in [6.07, 6.45) is -8.32. The van der Waals surface area contributed by atoms with Crippen LogP contribution in [0.5, 0.6) is 0 Å². The topological polar surface area (TPSA) is 50.2 Å². The molecule has 0 saturated carbocycles. The first kappa shape index (κ1) is 14.6. The average molecular weight is 290 g/mol. The summed E-state index contributed by atoms with van der Waals surface area (Å²) in [5, 5.41) is 8.59. The van der Waals surface area contributed by atoms with Gasteiger partial charge in [-0.1, -0.05) is 0 Å². The van der Waals surface area contributed by atoms with E-state index in [1.807, 2.05) is 0 Å². The number of halogens is 6. The minimum absolute atomic E-state index is 0.441. The van der Waals surface area contributed by atoms with Crippen LogP contribution in [0.1, 0.15) is 33.6 Å². The van der Waals surface area contributed by atoms with E-state index in [1.165, 1.54) is 0 Å². The molecule has 1 rings (SSSR count). The first-order valence-electron chi connectivity index (χ1n) is 4.36. The number of hydrogen-bond donors (Lipinski definition) is 1. The fourth-order valence-electron chi connectivity index (χ4n) is 1.38. The van der Waals surface area contributed by atoms with Gasteiger partial charge in [-0.2, -0.15) is 13.2 Å². The summed E-state index contributed by atoms with van der Waals surface area (Å²) >= 11 is 5.19. The first-order valence-corrected chi connectivity index (χ1v) is 4.90. The van der Waals surface area contributed by atoms with Crippen LogP contribution in [0, 0.1) is 0 Å². The molecular formula is C9H5ClF5NO2. The maximum absolute atomic E-state index is 12.7. The molecule has 0 aromatic carbocycles. The minimum atomic E-state index is -5.16. The van der Waals surface area contributed by atoms with E-state index in [0.717, 1.165) is 0 Å². The number of nitrogens with zero attached hydrogens (tertiary/aromatic N) is 1. The third-order valence-corrected chi connectivity index (χ3v) is 2.31. The molecule has 0 fully saturated rings. The third kappa shape index (κ3) is 2.69. The van der Waals surface area contributed by atoms with Gasteiger partial charge < -0.3 is 5.11 Å². The Morgan fingerprint density at radius 3 is 2.33 bits per heavy atom. The Morgan fingerprint density at radius 2 is 2.00 bits per heavy atom. The molecule has 0 bridgehead atoms. The summed E-state index contributed by atoms with van der Waals surface area (Å²) in [5.41, 5.74) is -5.41. The first-order chi connectivity index (χ1) is 8.20. The zero-order valence-electron chi connectivity index (χ0n) is 8.43. The van der Waals surface area contributed by atoms with Crippen molar-refractivity contribution in [1.82, 2.24) is 4.98 Å². The smallest absolute Gasteiger partial charge is 0.418 e. The summed E-state index contributed by atoms with van der Waals surface area (Å²) < 4.78 is 63.3. The van der Waals surface area contributed by atoms with E-state index in [9.17, 15) is 26.7 Å². The summed E-state index contributed by atoms with van der Waals surface area (Å²) in [6.45, 7) is 0. The number of hydrogen-bond acceptors (Lipinski definition) is 2. The molecule has 0 amide bonds.